The fraction of sp³-hybridized carbons (Fsp3) is 0.429. The number of rotatable bonds is 5. The van der Waals surface area contributed by atoms with Crippen LogP contribution in [0.15, 0.2) is 29.4 Å². The van der Waals surface area contributed by atoms with E-state index in [1.54, 1.807) is 28.9 Å². The number of hydrogen-bond donors (Lipinski definition) is 1. The first-order valence-corrected chi connectivity index (χ1v) is 8.20. The molecule has 0 fully saturated rings. The second-order valence-electron chi connectivity index (χ2n) is 5.70. The Labute approximate surface area is 138 Å². The number of benzene rings is 1. The first kappa shape index (κ1) is 16.8. The van der Waals surface area contributed by atoms with E-state index < -0.39 is 0 Å². The summed E-state index contributed by atoms with van der Waals surface area (Å²) in [5.41, 5.74) is 0.511. The lowest BCUT2D eigenvalue weighted by Gasteiger charge is -2.19. The molecule has 22 heavy (non-hydrogen) atoms. The standard InChI is InChI=1S/C14H18ClN5OS/c1-14(2,3)20-13(17-18-19-20)22-8-7-12(21)16-11-6-4-5-10(15)9-11/h4-6,9H,7-8H2,1-3H3,(H,16,21). The fourth-order valence-electron chi connectivity index (χ4n) is 1.71. The number of hydrogen-bond acceptors (Lipinski definition) is 5. The molecular formula is C14H18ClN5OS. The monoisotopic (exact) mass is 339 g/mol. The highest BCUT2D eigenvalue weighted by atomic mass is 35.5. The number of nitrogens with zero attached hydrogens (tertiary/aromatic N) is 4. The fourth-order valence-corrected chi connectivity index (χ4v) is 2.90. The van der Waals surface area contributed by atoms with Crippen LogP contribution in [0.4, 0.5) is 5.69 Å². The van der Waals surface area contributed by atoms with Crippen molar-refractivity contribution in [2.24, 2.45) is 0 Å². The van der Waals surface area contributed by atoms with Crippen LogP contribution >= 0.6 is 23.4 Å². The molecule has 0 unspecified atom stereocenters. The molecule has 0 aliphatic heterocycles. The van der Waals surface area contributed by atoms with Gasteiger partial charge in [0.2, 0.25) is 11.1 Å². The van der Waals surface area contributed by atoms with Crippen LogP contribution in [0.2, 0.25) is 5.02 Å². The Morgan fingerprint density at radius 1 is 1.41 bits per heavy atom. The molecule has 0 saturated carbocycles. The van der Waals surface area contributed by atoms with Crippen LogP contribution in [0, 0.1) is 0 Å². The molecule has 1 aromatic carbocycles. The van der Waals surface area contributed by atoms with Crippen molar-refractivity contribution < 1.29 is 4.79 Å². The van der Waals surface area contributed by atoms with Crippen molar-refractivity contribution in [3.63, 3.8) is 0 Å². The van der Waals surface area contributed by atoms with E-state index in [2.05, 4.69) is 20.8 Å². The highest BCUT2D eigenvalue weighted by molar-refractivity contribution is 7.99. The van der Waals surface area contributed by atoms with Crippen LogP contribution in [0.1, 0.15) is 27.2 Å². The van der Waals surface area contributed by atoms with Crippen LogP contribution in [0.25, 0.3) is 0 Å². The second kappa shape index (κ2) is 7.11. The van der Waals surface area contributed by atoms with E-state index >= 15 is 0 Å². The molecule has 2 rings (SSSR count). The van der Waals surface area contributed by atoms with Gasteiger partial charge in [-0.1, -0.05) is 29.4 Å². The zero-order valence-corrected chi connectivity index (χ0v) is 14.3. The summed E-state index contributed by atoms with van der Waals surface area (Å²) < 4.78 is 1.76. The molecule has 0 radical (unpaired) electrons. The molecule has 2 aromatic rings. The first-order valence-electron chi connectivity index (χ1n) is 6.83. The quantitative estimate of drug-likeness (QED) is 0.847. The lowest BCUT2D eigenvalue weighted by atomic mass is 10.1. The Kier molecular flexibility index (Phi) is 5.42. The molecule has 6 nitrogen and oxygen atoms in total. The summed E-state index contributed by atoms with van der Waals surface area (Å²) in [4.78, 5) is 11.9. The zero-order valence-electron chi connectivity index (χ0n) is 12.7. The van der Waals surface area contributed by atoms with Crippen LogP contribution in [-0.4, -0.2) is 31.9 Å². The normalized spacial score (nSPS) is 11.5. The molecule has 0 aliphatic rings. The Hall–Kier alpha value is -1.60. The summed E-state index contributed by atoms with van der Waals surface area (Å²) in [6.45, 7) is 6.08. The smallest absolute Gasteiger partial charge is 0.225 e. The number of nitrogens with one attached hydrogen (secondary N) is 1. The summed E-state index contributed by atoms with van der Waals surface area (Å²) in [6.07, 6.45) is 0.369. The van der Waals surface area contributed by atoms with Crippen molar-refractivity contribution in [2.45, 2.75) is 37.9 Å². The van der Waals surface area contributed by atoms with Crippen molar-refractivity contribution in [3.05, 3.63) is 29.3 Å². The average Bonchev–Trinajstić information content (AvgIpc) is 2.87. The van der Waals surface area contributed by atoms with E-state index in [0.717, 1.165) is 0 Å². The maximum atomic E-state index is 11.9. The molecule has 1 aromatic heterocycles. The van der Waals surface area contributed by atoms with Crippen molar-refractivity contribution >= 4 is 35.0 Å². The summed E-state index contributed by atoms with van der Waals surface area (Å²) in [6, 6.07) is 7.08. The van der Waals surface area contributed by atoms with Gasteiger partial charge in [0.15, 0.2) is 0 Å². The molecule has 1 heterocycles. The summed E-state index contributed by atoms with van der Waals surface area (Å²) in [7, 11) is 0. The molecule has 8 heteroatoms. The molecule has 0 saturated heterocycles. The highest BCUT2D eigenvalue weighted by Crippen LogP contribution is 2.22. The third kappa shape index (κ3) is 4.71. The van der Waals surface area contributed by atoms with E-state index in [1.807, 2.05) is 20.8 Å². The third-order valence-corrected chi connectivity index (χ3v) is 3.90. The number of tetrazole rings is 1. The number of carbonyl (C=O) groups is 1. The molecule has 1 amide bonds. The van der Waals surface area contributed by atoms with Gasteiger partial charge in [0.1, 0.15) is 0 Å². The van der Waals surface area contributed by atoms with Gasteiger partial charge in [0.25, 0.3) is 0 Å². The maximum absolute atomic E-state index is 11.9. The number of anilines is 1. The summed E-state index contributed by atoms with van der Waals surface area (Å²) in [5.74, 6) is 0.535. The Bertz CT molecular complexity index is 653. The highest BCUT2D eigenvalue weighted by Gasteiger charge is 2.19. The van der Waals surface area contributed by atoms with Crippen molar-refractivity contribution in [1.29, 1.82) is 0 Å². The number of carbonyl (C=O) groups excluding carboxylic acids is 1. The van der Waals surface area contributed by atoms with E-state index in [1.165, 1.54) is 11.8 Å². The average molecular weight is 340 g/mol. The van der Waals surface area contributed by atoms with Gasteiger partial charge in [0.05, 0.1) is 5.54 Å². The van der Waals surface area contributed by atoms with Gasteiger partial charge in [-0.15, -0.1) is 5.10 Å². The van der Waals surface area contributed by atoms with Gasteiger partial charge in [0, 0.05) is 22.9 Å². The SMILES string of the molecule is CC(C)(C)n1nnnc1SCCC(=O)Nc1cccc(Cl)c1. The minimum absolute atomic E-state index is 0.0652. The first-order chi connectivity index (χ1) is 10.4. The number of thioether (sulfide) groups is 1. The van der Waals surface area contributed by atoms with Crippen LogP contribution in [0.5, 0.6) is 0 Å². The van der Waals surface area contributed by atoms with Gasteiger partial charge in [-0.2, -0.15) is 0 Å². The zero-order chi connectivity index (χ0) is 16.2. The second-order valence-corrected chi connectivity index (χ2v) is 7.20. The van der Waals surface area contributed by atoms with E-state index in [0.29, 0.717) is 28.0 Å². The van der Waals surface area contributed by atoms with Crippen molar-refractivity contribution in [2.75, 3.05) is 11.1 Å². The largest absolute Gasteiger partial charge is 0.326 e. The Morgan fingerprint density at radius 2 is 2.18 bits per heavy atom. The van der Waals surface area contributed by atoms with E-state index in [4.69, 9.17) is 11.6 Å². The minimum Gasteiger partial charge on any atom is -0.326 e. The maximum Gasteiger partial charge on any atom is 0.225 e. The van der Waals surface area contributed by atoms with Crippen molar-refractivity contribution in [3.8, 4) is 0 Å². The predicted molar refractivity (Wildman–Crippen MR) is 88.2 cm³/mol. The Morgan fingerprint density at radius 3 is 2.86 bits per heavy atom. The Balaban J connectivity index is 1.84. The molecule has 0 atom stereocenters. The van der Waals surface area contributed by atoms with Crippen molar-refractivity contribution in [1.82, 2.24) is 20.2 Å². The van der Waals surface area contributed by atoms with E-state index in [9.17, 15) is 4.79 Å². The van der Waals surface area contributed by atoms with Gasteiger partial charge in [-0.3, -0.25) is 4.79 Å². The predicted octanol–water partition coefficient (Wildman–Crippen LogP) is 3.20. The topological polar surface area (TPSA) is 72.7 Å². The molecule has 0 bridgehead atoms. The van der Waals surface area contributed by atoms with Gasteiger partial charge < -0.3 is 5.32 Å². The van der Waals surface area contributed by atoms with Gasteiger partial charge in [-0.25, -0.2) is 4.68 Å². The van der Waals surface area contributed by atoms with Gasteiger partial charge >= 0.3 is 0 Å². The van der Waals surface area contributed by atoms with Crippen LogP contribution < -0.4 is 5.32 Å². The summed E-state index contributed by atoms with van der Waals surface area (Å²) in [5, 5.41) is 15.8. The molecule has 118 valence electrons. The van der Waals surface area contributed by atoms with Crippen LogP contribution in [0.3, 0.4) is 0 Å². The third-order valence-electron chi connectivity index (χ3n) is 2.74. The number of amides is 1. The van der Waals surface area contributed by atoms with E-state index in [-0.39, 0.29) is 11.4 Å². The molecular weight excluding hydrogens is 322 g/mol. The number of aromatic nitrogens is 4. The molecule has 0 spiro atoms. The number of halogens is 1. The lowest BCUT2D eigenvalue weighted by molar-refractivity contribution is -0.115. The minimum atomic E-state index is -0.186. The summed E-state index contributed by atoms with van der Waals surface area (Å²) >= 11 is 7.34. The van der Waals surface area contributed by atoms with Crippen LogP contribution in [-0.2, 0) is 10.3 Å². The molecule has 0 aliphatic carbocycles. The molecule has 1 N–H and O–H groups in total. The lowest BCUT2D eigenvalue weighted by Crippen LogP contribution is -2.24. The van der Waals surface area contributed by atoms with Gasteiger partial charge in [-0.05, 0) is 49.4 Å².